The fraction of sp³-hybridized carbons (Fsp3) is 0.421. The minimum Gasteiger partial charge on any atom is -0.306 e. The SMILES string of the molecule is Cc1nc(C)n(CC2CCCN2Cc2ccc(-n3ccnc3)cc2)n1. The maximum atomic E-state index is 4.53. The zero-order valence-electron chi connectivity index (χ0n) is 14.8. The van der Waals surface area contributed by atoms with Crippen LogP contribution in [-0.4, -0.2) is 41.8 Å². The monoisotopic (exact) mass is 336 g/mol. The molecule has 0 spiro atoms. The smallest absolute Gasteiger partial charge is 0.147 e. The summed E-state index contributed by atoms with van der Waals surface area (Å²) in [7, 11) is 0. The van der Waals surface area contributed by atoms with E-state index in [9.17, 15) is 0 Å². The molecule has 1 aromatic carbocycles. The third-order valence-corrected chi connectivity index (χ3v) is 4.97. The van der Waals surface area contributed by atoms with Crippen LogP contribution in [-0.2, 0) is 13.1 Å². The first kappa shape index (κ1) is 16.0. The number of hydrogen-bond donors (Lipinski definition) is 0. The van der Waals surface area contributed by atoms with E-state index in [1.165, 1.54) is 18.4 Å². The molecule has 0 amide bonds. The van der Waals surface area contributed by atoms with Crippen LogP contribution in [0.15, 0.2) is 43.0 Å². The Morgan fingerprint density at radius 2 is 2.00 bits per heavy atom. The van der Waals surface area contributed by atoms with Crippen LogP contribution in [0.1, 0.15) is 30.1 Å². The van der Waals surface area contributed by atoms with E-state index < -0.39 is 0 Å². The van der Waals surface area contributed by atoms with Crippen LogP contribution in [0.5, 0.6) is 0 Å². The number of aromatic nitrogens is 5. The van der Waals surface area contributed by atoms with Gasteiger partial charge in [-0.3, -0.25) is 4.90 Å². The van der Waals surface area contributed by atoms with Crippen molar-refractivity contribution < 1.29 is 0 Å². The van der Waals surface area contributed by atoms with E-state index in [4.69, 9.17) is 0 Å². The van der Waals surface area contributed by atoms with Crippen LogP contribution < -0.4 is 0 Å². The van der Waals surface area contributed by atoms with Crippen LogP contribution in [0.2, 0.25) is 0 Å². The predicted molar refractivity (Wildman–Crippen MR) is 96.5 cm³/mol. The molecule has 2 aromatic heterocycles. The molecule has 3 heterocycles. The summed E-state index contributed by atoms with van der Waals surface area (Å²) in [5.41, 5.74) is 2.50. The molecule has 0 aliphatic carbocycles. The molecule has 1 saturated heterocycles. The molecule has 25 heavy (non-hydrogen) atoms. The fourth-order valence-corrected chi connectivity index (χ4v) is 3.66. The van der Waals surface area contributed by atoms with Crippen LogP contribution in [0.4, 0.5) is 0 Å². The Morgan fingerprint density at radius 1 is 1.16 bits per heavy atom. The van der Waals surface area contributed by atoms with Gasteiger partial charge >= 0.3 is 0 Å². The summed E-state index contributed by atoms with van der Waals surface area (Å²) in [6, 6.07) is 9.29. The highest BCUT2D eigenvalue weighted by molar-refractivity contribution is 5.34. The van der Waals surface area contributed by atoms with Gasteiger partial charge in [-0.2, -0.15) is 5.10 Å². The quantitative estimate of drug-likeness (QED) is 0.719. The van der Waals surface area contributed by atoms with Crippen molar-refractivity contribution in [2.45, 2.75) is 45.8 Å². The normalized spacial score (nSPS) is 18.1. The zero-order chi connectivity index (χ0) is 17.2. The lowest BCUT2D eigenvalue weighted by Crippen LogP contribution is -2.33. The molecule has 1 aliphatic heterocycles. The maximum absolute atomic E-state index is 4.53. The van der Waals surface area contributed by atoms with Crippen molar-refractivity contribution in [2.24, 2.45) is 0 Å². The largest absolute Gasteiger partial charge is 0.306 e. The van der Waals surface area contributed by atoms with Gasteiger partial charge in [-0.1, -0.05) is 12.1 Å². The summed E-state index contributed by atoms with van der Waals surface area (Å²) in [4.78, 5) is 11.1. The molecule has 0 N–H and O–H groups in total. The van der Waals surface area contributed by atoms with Gasteiger partial charge in [-0.05, 0) is 50.9 Å². The van der Waals surface area contributed by atoms with Crippen molar-refractivity contribution in [1.29, 1.82) is 0 Å². The lowest BCUT2D eigenvalue weighted by molar-refractivity contribution is 0.218. The van der Waals surface area contributed by atoms with E-state index in [0.717, 1.165) is 37.0 Å². The first-order valence-electron chi connectivity index (χ1n) is 8.88. The lowest BCUT2D eigenvalue weighted by atomic mass is 10.1. The lowest BCUT2D eigenvalue weighted by Gasteiger charge is -2.24. The summed E-state index contributed by atoms with van der Waals surface area (Å²) >= 11 is 0. The Bertz CT molecular complexity index is 818. The molecule has 0 radical (unpaired) electrons. The van der Waals surface area contributed by atoms with Crippen molar-refractivity contribution >= 4 is 0 Å². The zero-order valence-corrected chi connectivity index (χ0v) is 14.8. The van der Waals surface area contributed by atoms with Crippen molar-refractivity contribution in [3.8, 4) is 5.69 Å². The summed E-state index contributed by atoms with van der Waals surface area (Å²) in [6.45, 7) is 7.06. The molecule has 0 saturated carbocycles. The summed E-state index contributed by atoms with van der Waals surface area (Å²) in [5.74, 6) is 1.87. The summed E-state index contributed by atoms with van der Waals surface area (Å²) < 4.78 is 4.08. The predicted octanol–water partition coefficient (Wildman–Crippen LogP) is 2.75. The van der Waals surface area contributed by atoms with E-state index in [-0.39, 0.29) is 0 Å². The molecular weight excluding hydrogens is 312 g/mol. The van der Waals surface area contributed by atoms with Gasteiger partial charge in [-0.25, -0.2) is 14.6 Å². The minimum atomic E-state index is 0.535. The van der Waals surface area contributed by atoms with E-state index in [1.54, 1.807) is 6.20 Å². The molecule has 130 valence electrons. The molecule has 3 aromatic rings. The van der Waals surface area contributed by atoms with Gasteiger partial charge in [0.05, 0.1) is 12.9 Å². The molecule has 6 nitrogen and oxygen atoms in total. The van der Waals surface area contributed by atoms with E-state index in [2.05, 4.69) is 48.9 Å². The van der Waals surface area contributed by atoms with Gasteiger partial charge < -0.3 is 4.57 Å². The van der Waals surface area contributed by atoms with Crippen LogP contribution >= 0.6 is 0 Å². The molecule has 1 fully saturated rings. The maximum Gasteiger partial charge on any atom is 0.147 e. The average Bonchev–Trinajstić information content (AvgIpc) is 3.32. The molecule has 1 atom stereocenters. The third-order valence-electron chi connectivity index (χ3n) is 4.97. The van der Waals surface area contributed by atoms with Crippen molar-refractivity contribution in [1.82, 2.24) is 29.2 Å². The molecule has 1 aliphatic rings. The second-order valence-corrected chi connectivity index (χ2v) is 6.79. The van der Waals surface area contributed by atoms with Gasteiger partial charge in [-0.15, -0.1) is 0 Å². The minimum absolute atomic E-state index is 0.535. The van der Waals surface area contributed by atoms with Crippen molar-refractivity contribution in [3.63, 3.8) is 0 Å². The summed E-state index contributed by atoms with van der Waals surface area (Å²) in [5, 5.41) is 4.53. The summed E-state index contributed by atoms with van der Waals surface area (Å²) in [6.07, 6.45) is 8.08. The molecule has 0 bridgehead atoms. The highest BCUT2D eigenvalue weighted by Crippen LogP contribution is 2.22. The van der Waals surface area contributed by atoms with Gasteiger partial charge in [0.1, 0.15) is 11.6 Å². The Labute approximate surface area is 148 Å². The Morgan fingerprint density at radius 3 is 2.68 bits per heavy atom. The van der Waals surface area contributed by atoms with Crippen molar-refractivity contribution in [2.75, 3.05) is 6.54 Å². The molecular formula is C19H24N6. The van der Waals surface area contributed by atoms with E-state index in [1.807, 2.05) is 30.9 Å². The number of likely N-dealkylation sites (tertiary alicyclic amines) is 1. The topological polar surface area (TPSA) is 51.8 Å². The van der Waals surface area contributed by atoms with E-state index in [0.29, 0.717) is 6.04 Å². The Balaban J connectivity index is 1.43. The van der Waals surface area contributed by atoms with Gasteiger partial charge in [0, 0.05) is 30.7 Å². The molecule has 1 unspecified atom stereocenters. The number of imidazole rings is 1. The molecule has 4 rings (SSSR count). The second kappa shape index (κ2) is 6.80. The fourth-order valence-electron chi connectivity index (χ4n) is 3.66. The first-order valence-corrected chi connectivity index (χ1v) is 8.88. The number of nitrogens with zero attached hydrogens (tertiary/aromatic N) is 6. The third kappa shape index (κ3) is 3.49. The number of benzene rings is 1. The van der Waals surface area contributed by atoms with Gasteiger partial charge in [0.25, 0.3) is 0 Å². The van der Waals surface area contributed by atoms with Crippen molar-refractivity contribution in [3.05, 3.63) is 60.2 Å². The Kier molecular flexibility index (Phi) is 4.36. The molecule has 6 heteroatoms. The second-order valence-electron chi connectivity index (χ2n) is 6.79. The number of hydrogen-bond acceptors (Lipinski definition) is 4. The van der Waals surface area contributed by atoms with Crippen LogP contribution in [0, 0.1) is 13.8 Å². The first-order chi connectivity index (χ1) is 12.2. The Hall–Kier alpha value is -2.47. The number of rotatable bonds is 5. The van der Waals surface area contributed by atoms with Gasteiger partial charge in [0.2, 0.25) is 0 Å². The highest BCUT2D eigenvalue weighted by atomic mass is 15.4. The number of aryl methyl sites for hydroxylation is 2. The average molecular weight is 336 g/mol. The highest BCUT2D eigenvalue weighted by Gasteiger charge is 2.25. The standard InChI is InChI=1S/C19H24N6/c1-15-21-16(2)25(22-15)13-19-4-3-10-23(19)12-17-5-7-18(8-6-17)24-11-9-20-14-24/h5-9,11,14,19H,3-4,10,12-13H2,1-2H3. The van der Waals surface area contributed by atoms with Crippen LogP contribution in [0.25, 0.3) is 5.69 Å². The van der Waals surface area contributed by atoms with Gasteiger partial charge in [0.15, 0.2) is 0 Å². The van der Waals surface area contributed by atoms with Crippen LogP contribution in [0.3, 0.4) is 0 Å². The van der Waals surface area contributed by atoms with E-state index >= 15 is 0 Å².